The molecule has 0 atom stereocenters. The molecule has 1 aliphatic rings. The highest BCUT2D eigenvalue weighted by atomic mass is 16.4. The molecule has 1 N–H and O–H groups in total. The van der Waals surface area contributed by atoms with Crippen molar-refractivity contribution in [1.82, 2.24) is 10.3 Å². The number of nitrogens with zero attached hydrogens (tertiary/aromatic N) is 1. The van der Waals surface area contributed by atoms with Gasteiger partial charge in [0.15, 0.2) is 11.7 Å². The Labute approximate surface area is 126 Å². The van der Waals surface area contributed by atoms with Crippen LogP contribution in [0.4, 0.5) is 0 Å². The van der Waals surface area contributed by atoms with Gasteiger partial charge in [0.25, 0.3) is 0 Å². The van der Waals surface area contributed by atoms with Gasteiger partial charge in [-0.1, -0.05) is 19.1 Å². The highest BCUT2D eigenvalue weighted by Crippen LogP contribution is 2.28. The van der Waals surface area contributed by atoms with Crippen LogP contribution in [0.2, 0.25) is 0 Å². The Hall–Kier alpha value is -1.61. The van der Waals surface area contributed by atoms with Crippen LogP contribution in [0.1, 0.15) is 43.2 Å². The Balaban J connectivity index is 1.59. The van der Waals surface area contributed by atoms with Crippen molar-refractivity contribution in [3.8, 4) is 11.3 Å². The first-order valence-corrected chi connectivity index (χ1v) is 8.14. The van der Waals surface area contributed by atoms with Crippen molar-refractivity contribution >= 4 is 0 Å². The van der Waals surface area contributed by atoms with Crippen molar-refractivity contribution < 1.29 is 4.42 Å². The predicted octanol–water partition coefficient (Wildman–Crippen LogP) is 3.76. The van der Waals surface area contributed by atoms with E-state index in [1.807, 2.05) is 6.20 Å². The largest absolute Gasteiger partial charge is 0.441 e. The molecular weight excluding hydrogens is 260 g/mol. The van der Waals surface area contributed by atoms with Crippen LogP contribution < -0.4 is 5.32 Å². The van der Waals surface area contributed by atoms with Gasteiger partial charge in [-0.05, 0) is 62.4 Å². The van der Waals surface area contributed by atoms with Gasteiger partial charge in [-0.15, -0.1) is 0 Å². The molecule has 2 aromatic rings. The van der Waals surface area contributed by atoms with E-state index in [2.05, 4.69) is 35.4 Å². The van der Waals surface area contributed by atoms with E-state index in [-0.39, 0.29) is 0 Å². The molecule has 3 nitrogen and oxygen atoms in total. The van der Waals surface area contributed by atoms with Gasteiger partial charge in [-0.3, -0.25) is 0 Å². The fraction of sp³-hybridized carbons (Fsp3) is 0.500. The topological polar surface area (TPSA) is 38.1 Å². The summed E-state index contributed by atoms with van der Waals surface area (Å²) in [4.78, 5) is 4.41. The molecule has 21 heavy (non-hydrogen) atoms. The normalized spacial score (nSPS) is 13.6. The van der Waals surface area contributed by atoms with Gasteiger partial charge in [-0.25, -0.2) is 4.98 Å². The number of nitrogens with one attached hydrogen (secondary N) is 1. The minimum Gasteiger partial charge on any atom is -0.441 e. The third kappa shape index (κ3) is 3.53. The van der Waals surface area contributed by atoms with Crippen molar-refractivity contribution in [3.63, 3.8) is 0 Å². The first-order chi connectivity index (χ1) is 10.4. The van der Waals surface area contributed by atoms with E-state index >= 15 is 0 Å². The number of hydrogen-bond donors (Lipinski definition) is 1. The molecule has 0 spiro atoms. The van der Waals surface area contributed by atoms with Gasteiger partial charge in [-0.2, -0.15) is 0 Å². The van der Waals surface area contributed by atoms with Crippen molar-refractivity contribution in [1.29, 1.82) is 0 Å². The maximum Gasteiger partial charge on any atom is 0.194 e. The molecule has 3 rings (SSSR count). The summed E-state index contributed by atoms with van der Waals surface area (Å²) in [6, 6.07) is 6.68. The van der Waals surface area contributed by atoms with Crippen LogP contribution in [0.5, 0.6) is 0 Å². The minimum absolute atomic E-state index is 0.851. The maximum absolute atomic E-state index is 5.90. The van der Waals surface area contributed by atoms with Crippen LogP contribution in [0.25, 0.3) is 11.3 Å². The Morgan fingerprint density at radius 2 is 2.10 bits per heavy atom. The first kappa shape index (κ1) is 14.3. The number of hydrogen-bond acceptors (Lipinski definition) is 3. The Morgan fingerprint density at radius 3 is 3.00 bits per heavy atom. The molecule has 1 heterocycles. The van der Waals surface area contributed by atoms with Gasteiger partial charge in [0.05, 0.1) is 6.20 Å². The zero-order valence-corrected chi connectivity index (χ0v) is 12.8. The zero-order chi connectivity index (χ0) is 14.5. The molecule has 1 aliphatic carbocycles. The second-order valence-corrected chi connectivity index (χ2v) is 5.81. The second-order valence-electron chi connectivity index (χ2n) is 5.81. The fourth-order valence-electron chi connectivity index (χ4n) is 2.95. The van der Waals surface area contributed by atoms with E-state index in [0.717, 1.165) is 37.6 Å². The molecule has 112 valence electrons. The summed E-state index contributed by atoms with van der Waals surface area (Å²) in [5.74, 6) is 1.75. The average Bonchev–Trinajstić information content (AvgIpc) is 3.15. The number of oxazole rings is 1. The smallest absolute Gasteiger partial charge is 0.194 e. The highest BCUT2D eigenvalue weighted by Gasteiger charge is 2.13. The lowest BCUT2D eigenvalue weighted by Gasteiger charge is -2.02. The van der Waals surface area contributed by atoms with E-state index in [4.69, 9.17) is 4.42 Å². The van der Waals surface area contributed by atoms with Crippen LogP contribution in [-0.2, 0) is 19.3 Å². The molecule has 0 saturated carbocycles. The van der Waals surface area contributed by atoms with Crippen LogP contribution in [0, 0.1) is 0 Å². The standard InChI is InChI=1S/C18H24N2O/c1-2-10-19-11-4-7-18-20-13-17(21-18)16-9-8-14-5-3-6-15(14)12-16/h8-9,12-13,19H,2-7,10-11H2,1H3. The SMILES string of the molecule is CCCNCCCc1ncc(-c2ccc3c(c2)CCC3)o1. The molecule has 0 fully saturated rings. The molecule has 0 unspecified atom stereocenters. The lowest BCUT2D eigenvalue weighted by molar-refractivity contribution is 0.491. The van der Waals surface area contributed by atoms with Crippen molar-refractivity contribution in [3.05, 3.63) is 41.4 Å². The zero-order valence-electron chi connectivity index (χ0n) is 12.8. The molecule has 0 radical (unpaired) electrons. The summed E-state index contributed by atoms with van der Waals surface area (Å²) < 4.78 is 5.90. The fourth-order valence-corrected chi connectivity index (χ4v) is 2.95. The lowest BCUT2D eigenvalue weighted by atomic mass is 10.1. The molecule has 1 aromatic carbocycles. The summed E-state index contributed by atoms with van der Waals surface area (Å²) in [7, 11) is 0. The number of aromatic nitrogens is 1. The summed E-state index contributed by atoms with van der Waals surface area (Å²) in [5.41, 5.74) is 4.15. The van der Waals surface area contributed by atoms with Crippen molar-refractivity contribution in [2.24, 2.45) is 0 Å². The monoisotopic (exact) mass is 284 g/mol. The van der Waals surface area contributed by atoms with Gasteiger partial charge in [0, 0.05) is 12.0 Å². The van der Waals surface area contributed by atoms with E-state index in [9.17, 15) is 0 Å². The summed E-state index contributed by atoms with van der Waals surface area (Å²) in [6.07, 6.45) is 8.74. The molecule has 0 aliphatic heterocycles. The third-order valence-corrected chi connectivity index (χ3v) is 4.11. The molecular formula is C18H24N2O. The quantitative estimate of drug-likeness (QED) is 0.787. The van der Waals surface area contributed by atoms with Crippen molar-refractivity contribution in [2.75, 3.05) is 13.1 Å². The lowest BCUT2D eigenvalue weighted by Crippen LogP contribution is -2.16. The van der Waals surface area contributed by atoms with Crippen molar-refractivity contribution in [2.45, 2.75) is 45.4 Å². The van der Waals surface area contributed by atoms with E-state index in [0.29, 0.717) is 0 Å². The van der Waals surface area contributed by atoms with Crippen LogP contribution in [-0.4, -0.2) is 18.1 Å². The minimum atomic E-state index is 0.851. The van der Waals surface area contributed by atoms with Crippen LogP contribution in [0.15, 0.2) is 28.8 Å². The van der Waals surface area contributed by atoms with E-state index in [1.165, 1.54) is 42.4 Å². The van der Waals surface area contributed by atoms with Gasteiger partial charge < -0.3 is 9.73 Å². The molecule has 1 aromatic heterocycles. The molecule has 0 saturated heterocycles. The second kappa shape index (κ2) is 6.90. The average molecular weight is 284 g/mol. The number of rotatable bonds is 7. The Kier molecular flexibility index (Phi) is 4.71. The first-order valence-electron chi connectivity index (χ1n) is 8.14. The number of aryl methyl sites for hydroxylation is 3. The Morgan fingerprint density at radius 1 is 1.19 bits per heavy atom. The number of fused-ring (bicyclic) bond motifs is 1. The van der Waals surface area contributed by atoms with E-state index in [1.54, 1.807) is 0 Å². The summed E-state index contributed by atoms with van der Waals surface area (Å²) in [5, 5.41) is 3.40. The van der Waals surface area contributed by atoms with Crippen LogP contribution >= 0.6 is 0 Å². The predicted molar refractivity (Wildman–Crippen MR) is 85.4 cm³/mol. The van der Waals surface area contributed by atoms with E-state index < -0.39 is 0 Å². The van der Waals surface area contributed by atoms with Gasteiger partial charge in [0.2, 0.25) is 0 Å². The summed E-state index contributed by atoms with van der Waals surface area (Å²) >= 11 is 0. The van der Waals surface area contributed by atoms with Crippen LogP contribution in [0.3, 0.4) is 0 Å². The third-order valence-electron chi connectivity index (χ3n) is 4.11. The molecule has 0 bridgehead atoms. The van der Waals surface area contributed by atoms with Gasteiger partial charge in [0.1, 0.15) is 0 Å². The number of benzene rings is 1. The molecule has 0 amide bonds. The summed E-state index contributed by atoms with van der Waals surface area (Å²) in [6.45, 7) is 4.31. The van der Waals surface area contributed by atoms with Gasteiger partial charge >= 0.3 is 0 Å². The maximum atomic E-state index is 5.90. The molecule has 3 heteroatoms. The highest BCUT2D eigenvalue weighted by molar-refractivity contribution is 5.59. The Bertz CT molecular complexity index is 589.